The molecule has 0 saturated heterocycles. The molecule has 0 radical (unpaired) electrons. The van der Waals surface area contributed by atoms with Crippen LogP contribution in [0.15, 0.2) is 18.2 Å². The van der Waals surface area contributed by atoms with E-state index >= 15 is 0 Å². The topological polar surface area (TPSA) is 61.8 Å². The Bertz CT molecular complexity index is 430. The quantitative estimate of drug-likeness (QED) is 0.488. The van der Waals surface area contributed by atoms with Crippen molar-refractivity contribution in [3.05, 3.63) is 29.3 Å². The van der Waals surface area contributed by atoms with Crippen LogP contribution in [0.3, 0.4) is 0 Å². The summed E-state index contributed by atoms with van der Waals surface area (Å²) in [5.41, 5.74) is 0.871. The average Bonchev–Trinajstić information content (AvgIpc) is 2.37. The number of alkyl halides is 1. The summed E-state index contributed by atoms with van der Waals surface area (Å²) in [6.45, 7) is 0. The van der Waals surface area contributed by atoms with Crippen LogP contribution in [0, 0.1) is 0 Å². The van der Waals surface area contributed by atoms with Crippen molar-refractivity contribution in [1.82, 2.24) is 0 Å². The number of hydrogen-bond acceptors (Lipinski definition) is 5. The summed E-state index contributed by atoms with van der Waals surface area (Å²) in [4.78, 5) is 22.5. The molecule has 1 rings (SSSR count). The third-order valence-electron chi connectivity index (χ3n) is 2.03. The fourth-order valence-electron chi connectivity index (χ4n) is 1.23. The summed E-state index contributed by atoms with van der Waals surface area (Å²) >= 11 is 3.23. The van der Waals surface area contributed by atoms with E-state index in [2.05, 4.69) is 25.4 Å². The molecule has 0 saturated carbocycles. The molecule has 0 atom stereocenters. The van der Waals surface area contributed by atoms with Crippen LogP contribution in [-0.4, -0.2) is 26.3 Å². The average molecular weight is 303 g/mol. The second-order valence-electron chi connectivity index (χ2n) is 2.96. The van der Waals surface area contributed by atoms with Crippen molar-refractivity contribution in [1.29, 1.82) is 0 Å². The minimum atomic E-state index is -0.839. The van der Waals surface area contributed by atoms with Crippen molar-refractivity contribution in [2.45, 2.75) is 5.33 Å². The molecule has 0 amide bonds. The molecule has 5 nitrogen and oxygen atoms in total. The van der Waals surface area contributed by atoms with E-state index in [1.54, 1.807) is 18.2 Å². The molecular weight excluding hydrogens is 292 g/mol. The van der Waals surface area contributed by atoms with Gasteiger partial charge in [0.05, 0.1) is 19.8 Å². The molecule has 0 bridgehead atoms. The van der Waals surface area contributed by atoms with Crippen LogP contribution in [0.5, 0.6) is 5.75 Å². The molecule has 0 aliphatic heterocycles. The number of halogens is 1. The highest BCUT2D eigenvalue weighted by Gasteiger charge is 2.17. The molecule has 0 heterocycles. The monoisotopic (exact) mass is 302 g/mol. The van der Waals surface area contributed by atoms with Crippen LogP contribution in [0.25, 0.3) is 0 Å². The highest BCUT2D eigenvalue weighted by atomic mass is 79.9. The van der Waals surface area contributed by atoms with Gasteiger partial charge in [0, 0.05) is 10.9 Å². The molecule has 0 aliphatic rings. The Morgan fingerprint density at radius 3 is 2.47 bits per heavy atom. The van der Waals surface area contributed by atoms with Crippen molar-refractivity contribution < 1.29 is 23.8 Å². The van der Waals surface area contributed by atoms with Gasteiger partial charge in [-0.1, -0.05) is 22.0 Å². The maximum atomic E-state index is 11.5. The number of hydrogen-bond donors (Lipinski definition) is 0. The van der Waals surface area contributed by atoms with E-state index < -0.39 is 12.1 Å². The number of ether oxygens (including phenoxy) is 3. The molecule has 17 heavy (non-hydrogen) atoms. The number of carbonyl (C=O) groups is 2. The van der Waals surface area contributed by atoms with Gasteiger partial charge < -0.3 is 14.2 Å². The summed E-state index contributed by atoms with van der Waals surface area (Å²) in [5.74, 6) is -0.230. The molecule has 92 valence electrons. The van der Waals surface area contributed by atoms with Crippen LogP contribution in [-0.2, 0) is 14.8 Å². The van der Waals surface area contributed by atoms with Gasteiger partial charge in [0.25, 0.3) is 0 Å². The second kappa shape index (κ2) is 6.24. The Morgan fingerprint density at radius 2 is 1.94 bits per heavy atom. The van der Waals surface area contributed by atoms with E-state index in [9.17, 15) is 9.59 Å². The molecule has 0 N–H and O–H groups in total. The first-order valence-electron chi connectivity index (χ1n) is 4.66. The maximum Gasteiger partial charge on any atom is 0.513 e. The van der Waals surface area contributed by atoms with E-state index in [1.165, 1.54) is 14.2 Å². The zero-order valence-electron chi connectivity index (χ0n) is 9.36. The van der Waals surface area contributed by atoms with Crippen LogP contribution < -0.4 is 4.74 Å². The first-order chi connectivity index (χ1) is 8.13. The largest absolute Gasteiger partial charge is 0.513 e. The minimum absolute atomic E-state index is 0.261. The summed E-state index contributed by atoms with van der Waals surface area (Å²) in [6, 6.07) is 4.75. The van der Waals surface area contributed by atoms with Crippen LogP contribution in [0.2, 0.25) is 0 Å². The van der Waals surface area contributed by atoms with E-state index in [-0.39, 0.29) is 5.75 Å². The van der Waals surface area contributed by atoms with E-state index in [1.807, 2.05) is 0 Å². The normalized spacial score (nSPS) is 9.59. The first-order valence-corrected chi connectivity index (χ1v) is 5.78. The van der Waals surface area contributed by atoms with Gasteiger partial charge in [-0.05, 0) is 12.1 Å². The molecule has 0 aromatic heterocycles. The first kappa shape index (κ1) is 13.5. The van der Waals surface area contributed by atoms with Gasteiger partial charge in [-0.2, -0.15) is 0 Å². The predicted octanol–water partition coefficient (Wildman–Crippen LogP) is 2.51. The van der Waals surface area contributed by atoms with Gasteiger partial charge >= 0.3 is 12.1 Å². The number of esters is 1. The van der Waals surface area contributed by atoms with Crippen LogP contribution in [0.1, 0.15) is 15.9 Å². The van der Waals surface area contributed by atoms with Gasteiger partial charge in [0.1, 0.15) is 5.75 Å². The lowest BCUT2D eigenvalue weighted by molar-refractivity contribution is 0.0598. The van der Waals surface area contributed by atoms with Crippen molar-refractivity contribution >= 4 is 28.1 Å². The highest BCUT2D eigenvalue weighted by molar-refractivity contribution is 9.08. The van der Waals surface area contributed by atoms with Gasteiger partial charge in [-0.3, -0.25) is 0 Å². The Hall–Kier alpha value is -1.56. The molecule has 0 spiro atoms. The Kier molecular flexibility index (Phi) is 4.96. The second-order valence-corrected chi connectivity index (χ2v) is 3.52. The fraction of sp³-hybridized carbons (Fsp3) is 0.273. The van der Waals surface area contributed by atoms with Crippen molar-refractivity contribution in [2.75, 3.05) is 14.2 Å². The summed E-state index contributed by atoms with van der Waals surface area (Å²) in [7, 11) is 2.49. The summed E-state index contributed by atoms with van der Waals surface area (Å²) < 4.78 is 13.9. The lowest BCUT2D eigenvalue weighted by Crippen LogP contribution is -2.11. The van der Waals surface area contributed by atoms with Crippen molar-refractivity contribution in [3.63, 3.8) is 0 Å². The van der Waals surface area contributed by atoms with Gasteiger partial charge in [0.15, 0.2) is 0 Å². The number of carbonyl (C=O) groups excluding carboxylic acids is 2. The Labute approximate surface area is 107 Å². The van der Waals surface area contributed by atoms with Crippen molar-refractivity contribution in [2.24, 2.45) is 0 Å². The van der Waals surface area contributed by atoms with Gasteiger partial charge in [-0.15, -0.1) is 0 Å². The summed E-state index contributed by atoms with van der Waals surface area (Å²) in [6.07, 6.45) is -0.839. The SMILES string of the molecule is COC(=O)Oc1cccc(C(=O)OC)c1CBr. The molecule has 0 unspecified atom stereocenters. The molecule has 0 aliphatic carbocycles. The zero-order valence-corrected chi connectivity index (χ0v) is 10.9. The fourth-order valence-corrected chi connectivity index (χ4v) is 1.81. The minimum Gasteiger partial charge on any atom is -0.465 e. The number of rotatable bonds is 3. The van der Waals surface area contributed by atoms with E-state index in [0.29, 0.717) is 16.5 Å². The molecule has 1 aromatic carbocycles. The van der Waals surface area contributed by atoms with Crippen LogP contribution in [0.4, 0.5) is 4.79 Å². The summed E-state index contributed by atoms with van der Waals surface area (Å²) in [5, 5.41) is 0.352. The maximum absolute atomic E-state index is 11.5. The molecule has 6 heteroatoms. The lowest BCUT2D eigenvalue weighted by Gasteiger charge is -2.10. The van der Waals surface area contributed by atoms with Crippen LogP contribution >= 0.6 is 15.9 Å². The van der Waals surface area contributed by atoms with Gasteiger partial charge in [-0.25, -0.2) is 9.59 Å². The molecular formula is C11H11BrO5. The molecule has 1 aromatic rings. The van der Waals surface area contributed by atoms with Gasteiger partial charge in [0.2, 0.25) is 0 Å². The predicted molar refractivity (Wildman–Crippen MR) is 63.4 cm³/mol. The Balaban J connectivity index is 3.14. The van der Waals surface area contributed by atoms with E-state index in [4.69, 9.17) is 4.74 Å². The standard InChI is InChI=1S/C11H11BrO5/c1-15-10(13)7-4-3-5-9(8(7)6-12)17-11(14)16-2/h3-5H,6H2,1-2H3. The highest BCUT2D eigenvalue weighted by Crippen LogP contribution is 2.26. The zero-order chi connectivity index (χ0) is 12.8. The Morgan fingerprint density at radius 1 is 1.24 bits per heavy atom. The third kappa shape index (κ3) is 3.20. The number of benzene rings is 1. The molecule has 0 fully saturated rings. The van der Waals surface area contributed by atoms with Crippen molar-refractivity contribution in [3.8, 4) is 5.75 Å². The number of methoxy groups -OCH3 is 2. The smallest absolute Gasteiger partial charge is 0.465 e. The lowest BCUT2D eigenvalue weighted by atomic mass is 10.1. The third-order valence-corrected chi connectivity index (χ3v) is 2.59. The van der Waals surface area contributed by atoms with E-state index in [0.717, 1.165) is 0 Å².